The van der Waals surface area contributed by atoms with Gasteiger partial charge in [0, 0.05) is 6.42 Å². The van der Waals surface area contributed by atoms with Crippen LogP contribution in [0.2, 0.25) is 0 Å². The second kappa shape index (κ2) is 14.5. The molecule has 0 saturated carbocycles. The van der Waals surface area contributed by atoms with Crippen LogP contribution < -0.4 is 10.2 Å². The van der Waals surface area contributed by atoms with Gasteiger partial charge in [-0.3, -0.25) is 0 Å². The minimum absolute atomic E-state index is 0.0347. The number of imide groups is 1. The normalized spacial score (nSPS) is 14.2. The number of nitrogens with one attached hydrogen (secondary N) is 1. The van der Waals surface area contributed by atoms with E-state index in [4.69, 9.17) is 31.2 Å². The number of ether oxygens (including phenoxy) is 4. The molecule has 11 heteroatoms. The summed E-state index contributed by atoms with van der Waals surface area (Å²) in [6.45, 7) is 11.4. The Morgan fingerprint density at radius 1 is 0.972 bits per heavy atom. The molecular weight excluding hydrogens is 488 g/mol. The van der Waals surface area contributed by atoms with Crippen LogP contribution in [0.25, 0.3) is 0 Å². The largest absolute Gasteiger partial charge is 0.458 e. The molecule has 0 aliphatic carbocycles. The van der Waals surface area contributed by atoms with Crippen molar-refractivity contribution in [1.82, 2.24) is 5.32 Å². The van der Waals surface area contributed by atoms with E-state index in [2.05, 4.69) is 25.1 Å². The minimum Gasteiger partial charge on any atom is -0.458 e. The molecule has 0 spiro atoms. The van der Waals surface area contributed by atoms with E-state index < -0.39 is 29.7 Å². The third kappa shape index (κ3) is 7.85. The van der Waals surface area contributed by atoms with E-state index in [9.17, 15) is 19.2 Å². The number of anilines is 1. The van der Waals surface area contributed by atoms with Crippen molar-refractivity contribution in [2.45, 2.75) is 12.8 Å². The number of hydrogen-bond donors (Lipinski definition) is 1. The second-order valence-corrected chi connectivity index (χ2v) is 7.93. The molecule has 1 N–H and O–H groups in total. The monoisotopic (exact) mass is 516 g/mol. The summed E-state index contributed by atoms with van der Waals surface area (Å²) < 4.78 is 20.5. The Labute approximate surface area is 214 Å². The number of rotatable bonds is 11. The zero-order chi connectivity index (χ0) is 26.5. The Bertz CT molecular complexity index is 1030. The molecule has 1 heterocycles. The standard InChI is InChI=1S/C25H28N2O8S/c1-4-12-32-22(28)18-8-7-9-19(21(18)23(29)33-13-5-2)27(24(30)34-14-6-3)25(31)35-20(36)15-17-10-11-26-16-17/h4-9,17,26H,1-3,10-16H2. The molecule has 192 valence electrons. The maximum atomic E-state index is 13.2. The highest BCUT2D eigenvalue weighted by Crippen LogP contribution is 2.28. The summed E-state index contributed by atoms with van der Waals surface area (Å²) in [7, 11) is 0. The third-order valence-electron chi connectivity index (χ3n) is 4.88. The summed E-state index contributed by atoms with van der Waals surface area (Å²) in [6, 6.07) is 3.90. The lowest BCUT2D eigenvalue weighted by atomic mass is 10.0. The first kappa shape index (κ1) is 28.4. The van der Waals surface area contributed by atoms with Crippen LogP contribution in [0.4, 0.5) is 15.3 Å². The summed E-state index contributed by atoms with van der Waals surface area (Å²) >= 11 is 5.21. The van der Waals surface area contributed by atoms with Crippen LogP contribution >= 0.6 is 12.2 Å². The van der Waals surface area contributed by atoms with Gasteiger partial charge in [0.2, 0.25) is 0 Å². The van der Waals surface area contributed by atoms with Crippen LogP contribution in [-0.2, 0) is 18.9 Å². The first-order chi connectivity index (χ1) is 17.3. The zero-order valence-electron chi connectivity index (χ0n) is 19.7. The lowest BCUT2D eigenvalue weighted by molar-refractivity contribution is 0.0503. The zero-order valence-corrected chi connectivity index (χ0v) is 20.6. The lowest BCUT2D eigenvalue weighted by Crippen LogP contribution is -2.40. The highest BCUT2D eigenvalue weighted by molar-refractivity contribution is 7.80. The van der Waals surface area contributed by atoms with Gasteiger partial charge in [-0.1, -0.05) is 44.0 Å². The van der Waals surface area contributed by atoms with Gasteiger partial charge >= 0.3 is 24.1 Å². The fourth-order valence-corrected chi connectivity index (χ4v) is 3.61. The van der Waals surface area contributed by atoms with Crippen LogP contribution in [0.5, 0.6) is 0 Å². The number of hydrogen-bond acceptors (Lipinski definition) is 10. The van der Waals surface area contributed by atoms with Crippen LogP contribution in [0.15, 0.2) is 56.2 Å². The molecule has 1 aromatic rings. The predicted octanol–water partition coefficient (Wildman–Crippen LogP) is 3.96. The van der Waals surface area contributed by atoms with Gasteiger partial charge in [-0.25, -0.2) is 19.2 Å². The van der Waals surface area contributed by atoms with Gasteiger partial charge in [0.25, 0.3) is 0 Å². The molecule has 0 aromatic heterocycles. The topological polar surface area (TPSA) is 120 Å². The highest BCUT2D eigenvalue weighted by Gasteiger charge is 2.35. The Morgan fingerprint density at radius 2 is 1.61 bits per heavy atom. The average Bonchev–Trinajstić information content (AvgIpc) is 3.37. The summed E-state index contributed by atoms with van der Waals surface area (Å²) in [5.74, 6) is -1.73. The van der Waals surface area contributed by atoms with Gasteiger partial charge < -0.3 is 24.3 Å². The van der Waals surface area contributed by atoms with Crippen molar-refractivity contribution in [3.05, 3.63) is 67.3 Å². The van der Waals surface area contributed by atoms with Gasteiger partial charge in [-0.15, -0.1) is 0 Å². The molecule has 1 saturated heterocycles. The SMILES string of the molecule is C=CCOC(=O)c1cccc(N(C(=O)OCC=C)C(=O)OC(=S)CC2CCNC2)c1C(=O)OCC=C. The molecule has 1 unspecified atom stereocenters. The first-order valence-electron chi connectivity index (χ1n) is 11.1. The highest BCUT2D eigenvalue weighted by atomic mass is 32.1. The van der Waals surface area contributed by atoms with Gasteiger partial charge in [0.15, 0.2) is 5.05 Å². The summed E-state index contributed by atoms with van der Waals surface area (Å²) in [5.41, 5.74) is -0.981. The minimum atomic E-state index is -1.21. The molecule has 1 atom stereocenters. The molecule has 1 aromatic carbocycles. The van der Waals surface area contributed by atoms with Gasteiger partial charge in [0.05, 0.1) is 16.8 Å². The molecule has 2 rings (SSSR count). The number of benzene rings is 1. The number of carbonyl (C=O) groups is 4. The third-order valence-corrected chi connectivity index (χ3v) is 5.13. The number of thiocarbonyl (C=S) groups is 1. The van der Waals surface area contributed by atoms with E-state index in [1.165, 1.54) is 36.4 Å². The molecule has 1 aliphatic rings. The van der Waals surface area contributed by atoms with Crippen LogP contribution in [0, 0.1) is 5.92 Å². The van der Waals surface area contributed by atoms with Crippen LogP contribution in [-0.4, -0.2) is 62.1 Å². The number of esters is 2. The maximum Gasteiger partial charge on any atom is 0.430 e. The van der Waals surface area contributed by atoms with Crippen molar-refractivity contribution in [1.29, 1.82) is 0 Å². The quantitative estimate of drug-likeness (QED) is 0.200. The predicted molar refractivity (Wildman–Crippen MR) is 136 cm³/mol. The summed E-state index contributed by atoms with van der Waals surface area (Å²) in [6.07, 6.45) is 2.73. The summed E-state index contributed by atoms with van der Waals surface area (Å²) in [4.78, 5) is 52.2. The van der Waals surface area contributed by atoms with Crippen LogP contribution in [0.3, 0.4) is 0 Å². The van der Waals surface area contributed by atoms with Crippen molar-refractivity contribution >= 4 is 47.1 Å². The molecular formula is C25H28N2O8S. The Kier molecular flexibility index (Phi) is 11.5. The Morgan fingerprint density at radius 3 is 2.22 bits per heavy atom. The van der Waals surface area contributed by atoms with E-state index >= 15 is 0 Å². The van der Waals surface area contributed by atoms with Gasteiger partial charge in [-0.2, -0.15) is 4.90 Å². The van der Waals surface area contributed by atoms with Gasteiger partial charge in [-0.05, 0) is 49.8 Å². The van der Waals surface area contributed by atoms with E-state index in [1.807, 2.05) is 0 Å². The van der Waals surface area contributed by atoms with E-state index in [-0.39, 0.29) is 42.0 Å². The van der Waals surface area contributed by atoms with E-state index in [0.29, 0.717) is 11.3 Å². The maximum absolute atomic E-state index is 13.2. The smallest absolute Gasteiger partial charge is 0.430 e. The fraction of sp³-hybridized carbons (Fsp3) is 0.320. The summed E-state index contributed by atoms with van der Waals surface area (Å²) in [5, 5.41) is 3.15. The van der Waals surface area contributed by atoms with Crippen molar-refractivity contribution < 1.29 is 38.1 Å². The average molecular weight is 517 g/mol. The first-order valence-corrected chi connectivity index (χ1v) is 11.5. The molecule has 1 fully saturated rings. The number of nitrogens with zero attached hydrogens (tertiary/aromatic N) is 1. The molecule has 36 heavy (non-hydrogen) atoms. The lowest BCUT2D eigenvalue weighted by Gasteiger charge is -2.23. The number of amides is 2. The van der Waals surface area contributed by atoms with Crippen molar-refractivity contribution in [2.24, 2.45) is 5.92 Å². The van der Waals surface area contributed by atoms with E-state index in [1.54, 1.807) is 0 Å². The molecule has 0 radical (unpaired) electrons. The number of carbonyl (C=O) groups excluding carboxylic acids is 4. The Hall–Kier alpha value is -3.83. The van der Waals surface area contributed by atoms with Crippen molar-refractivity contribution in [3.63, 3.8) is 0 Å². The molecule has 1 aliphatic heterocycles. The van der Waals surface area contributed by atoms with Crippen LogP contribution in [0.1, 0.15) is 33.6 Å². The van der Waals surface area contributed by atoms with Crippen molar-refractivity contribution in [2.75, 3.05) is 37.8 Å². The fourth-order valence-electron chi connectivity index (χ4n) is 3.31. The Balaban J connectivity index is 2.50. The second-order valence-electron chi connectivity index (χ2n) is 7.48. The molecule has 2 amide bonds. The van der Waals surface area contributed by atoms with E-state index in [0.717, 1.165) is 19.5 Å². The van der Waals surface area contributed by atoms with Gasteiger partial charge in [0.1, 0.15) is 19.8 Å². The molecule has 10 nitrogen and oxygen atoms in total. The van der Waals surface area contributed by atoms with Crippen molar-refractivity contribution in [3.8, 4) is 0 Å². The molecule has 0 bridgehead atoms.